The first kappa shape index (κ1) is 11.4. The molecule has 0 atom stereocenters. The first-order valence-electron chi connectivity index (χ1n) is 5.47. The van der Waals surface area contributed by atoms with E-state index in [1.54, 1.807) is 7.11 Å². The molecule has 1 aromatic rings. The van der Waals surface area contributed by atoms with Gasteiger partial charge in [-0.05, 0) is 23.3 Å². The van der Waals surface area contributed by atoms with Crippen LogP contribution >= 0.6 is 0 Å². The number of rotatable bonds is 3. The van der Waals surface area contributed by atoms with Crippen molar-refractivity contribution < 1.29 is 14.6 Å². The lowest BCUT2D eigenvalue weighted by atomic mass is 9.83. The molecule has 0 saturated heterocycles. The molecule has 0 aliphatic carbocycles. The summed E-state index contributed by atoms with van der Waals surface area (Å²) in [5.41, 5.74) is 3.15. The Morgan fingerprint density at radius 2 is 1.94 bits per heavy atom. The van der Waals surface area contributed by atoms with Crippen molar-refractivity contribution in [2.24, 2.45) is 0 Å². The molecule has 0 radical (unpaired) electrons. The molecule has 3 heteroatoms. The van der Waals surface area contributed by atoms with Crippen molar-refractivity contribution in [1.29, 1.82) is 0 Å². The third kappa shape index (κ3) is 1.81. The van der Waals surface area contributed by atoms with E-state index < -0.39 is 0 Å². The Morgan fingerprint density at radius 1 is 1.31 bits per heavy atom. The second-order valence-corrected chi connectivity index (χ2v) is 4.86. The predicted molar refractivity (Wildman–Crippen MR) is 61.6 cm³/mol. The van der Waals surface area contributed by atoms with Crippen molar-refractivity contribution in [3.63, 3.8) is 0 Å². The minimum absolute atomic E-state index is 0.100. The fraction of sp³-hybridized carbons (Fsp3) is 0.538. The molecule has 0 amide bonds. The highest BCUT2D eigenvalue weighted by molar-refractivity contribution is 5.47. The van der Waals surface area contributed by atoms with Crippen molar-refractivity contribution in [2.45, 2.75) is 32.5 Å². The zero-order chi connectivity index (χ0) is 11.8. The molecule has 1 heterocycles. The topological polar surface area (TPSA) is 38.7 Å². The maximum atomic E-state index is 9.43. The highest BCUT2D eigenvalue weighted by atomic mass is 16.5. The standard InChI is InChI=1S/C13H18O3/c1-13(2,8-14)11-4-9-6-16-7-10(9)5-12(11)15-3/h4-5,14H,6-8H2,1-3H3. The van der Waals surface area contributed by atoms with Gasteiger partial charge in [-0.1, -0.05) is 13.8 Å². The largest absolute Gasteiger partial charge is 0.496 e. The summed E-state index contributed by atoms with van der Waals surface area (Å²) < 4.78 is 10.8. The Hall–Kier alpha value is -1.06. The van der Waals surface area contributed by atoms with E-state index in [9.17, 15) is 5.11 Å². The number of hydrogen-bond acceptors (Lipinski definition) is 3. The van der Waals surface area contributed by atoms with Crippen LogP contribution in [0.3, 0.4) is 0 Å². The molecule has 0 unspecified atom stereocenters. The fourth-order valence-corrected chi connectivity index (χ4v) is 1.99. The average Bonchev–Trinajstić information content (AvgIpc) is 2.74. The van der Waals surface area contributed by atoms with Crippen LogP contribution < -0.4 is 4.74 Å². The van der Waals surface area contributed by atoms with Crippen LogP contribution in [0, 0.1) is 0 Å². The Labute approximate surface area is 96.0 Å². The third-order valence-corrected chi connectivity index (χ3v) is 3.16. The van der Waals surface area contributed by atoms with E-state index in [4.69, 9.17) is 9.47 Å². The van der Waals surface area contributed by atoms with E-state index in [2.05, 4.69) is 6.07 Å². The summed E-state index contributed by atoms with van der Waals surface area (Å²) in [7, 11) is 1.66. The number of benzene rings is 1. The molecule has 3 nitrogen and oxygen atoms in total. The molecule has 0 aromatic heterocycles. The van der Waals surface area contributed by atoms with Gasteiger partial charge in [-0.2, -0.15) is 0 Å². The van der Waals surface area contributed by atoms with Gasteiger partial charge in [-0.25, -0.2) is 0 Å². The number of aliphatic hydroxyl groups is 1. The van der Waals surface area contributed by atoms with Crippen LogP contribution in [0.4, 0.5) is 0 Å². The van der Waals surface area contributed by atoms with Gasteiger partial charge >= 0.3 is 0 Å². The fourth-order valence-electron chi connectivity index (χ4n) is 1.99. The lowest BCUT2D eigenvalue weighted by Crippen LogP contribution is -2.23. The van der Waals surface area contributed by atoms with Crippen LogP contribution in [-0.2, 0) is 23.4 Å². The van der Waals surface area contributed by atoms with Gasteiger partial charge in [0.2, 0.25) is 0 Å². The summed E-state index contributed by atoms with van der Waals surface area (Å²) in [5, 5.41) is 9.43. The van der Waals surface area contributed by atoms with Gasteiger partial charge in [0, 0.05) is 11.0 Å². The van der Waals surface area contributed by atoms with Crippen molar-refractivity contribution >= 4 is 0 Å². The molecule has 0 spiro atoms. The SMILES string of the molecule is COc1cc2c(cc1C(C)(C)CO)COC2. The molecule has 1 aliphatic rings. The van der Waals surface area contributed by atoms with Gasteiger partial charge in [0.25, 0.3) is 0 Å². The van der Waals surface area contributed by atoms with E-state index in [0.717, 1.165) is 11.3 Å². The molecule has 1 aliphatic heterocycles. The summed E-state index contributed by atoms with van der Waals surface area (Å²) in [5.74, 6) is 0.836. The lowest BCUT2D eigenvalue weighted by molar-refractivity contribution is 0.134. The predicted octanol–water partition coefficient (Wildman–Crippen LogP) is 2.00. The number of fused-ring (bicyclic) bond motifs is 1. The Kier molecular flexibility index (Phi) is 2.91. The summed E-state index contributed by atoms with van der Waals surface area (Å²) in [4.78, 5) is 0. The second kappa shape index (κ2) is 4.07. The average molecular weight is 222 g/mol. The minimum Gasteiger partial charge on any atom is -0.496 e. The number of aliphatic hydroxyl groups excluding tert-OH is 1. The molecular weight excluding hydrogens is 204 g/mol. The Bertz CT molecular complexity index is 396. The molecule has 16 heavy (non-hydrogen) atoms. The molecule has 1 N–H and O–H groups in total. The van der Waals surface area contributed by atoms with Crippen LogP contribution in [0.25, 0.3) is 0 Å². The van der Waals surface area contributed by atoms with Crippen LogP contribution in [-0.4, -0.2) is 18.8 Å². The van der Waals surface area contributed by atoms with Crippen LogP contribution in [0.1, 0.15) is 30.5 Å². The van der Waals surface area contributed by atoms with E-state index in [1.807, 2.05) is 19.9 Å². The van der Waals surface area contributed by atoms with Gasteiger partial charge in [-0.15, -0.1) is 0 Å². The summed E-state index contributed by atoms with van der Waals surface area (Å²) in [6.07, 6.45) is 0. The summed E-state index contributed by atoms with van der Waals surface area (Å²) in [6, 6.07) is 4.12. The van der Waals surface area contributed by atoms with E-state index in [-0.39, 0.29) is 12.0 Å². The van der Waals surface area contributed by atoms with Crippen molar-refractivity contribution in [2.75, 3.05) is 13.7 Å². The number of ether oxygens (including phenoxy) is 2. The van der Waals surface area contributed by atoms with Crippen molar-refractivity contribution in [3.05, 3.63) is 28.8 Å². The maximum Gasteiger partial charge on any atom is 0.123 e. The van der Waals surface area contributed by atoms with E-state index >= 15 is 0 Å². The number of hydrogen-bond donors (Lipinski definition) is 1. The molecule has 88 valence electrons. The summed E-state index contributed by atoms with van der Waals surface area (Å²) >= 11 is 0. The van der Waals surface area contributed by atoms with Gasteiger partial charge in [0.05, 0.1) is 26.9 Å². The van der Waals surface area contributed by atoms with E-state index in [1.165, 1.54) is 11.1 Å². The minimum atomic E-state index is -0.289. The monoisotopic (exact) mass is 222 g/mol. The van der Waals surface area contributed by atoms with Gasteiger partial charge in [0.1, 0.15) is 5.75 Å². The van der Waals surface area contributed by atoms with Gasteiger partial charge in [0.15, 0.2) is 0 Å². The van der Waals surface area contributed by atoms with Crippen LogP contribution in [0.5, 0.6) is 5.75 Å². The summed E-state index contributed by atoms with van der Waals surface area (Å²) in [6.45, 7) is 5.43. The first-order chi connectivity index (χ1) is 7.58. The highest BCUT2D eigenvalue weighted by Gasteiger charge is 2.26. The highest BCUT2D eigenvalue weighted by Crippen LogP contribution is 2.36. The van der Waals surface area contributed by atoms with Crippen LogP contribution in [0.2, 0.25) is 0 Å². The Morgan fingerprint density at radius 3 is 2.50 bits per heavy atom. The lowest BCUT2D eigenvalue weighted by Gasteiger charge is -2.25. The molecule has 0 fully saturated rings. The molecule has 2 rings (SSSR count). The maximum absolute atomic E-state index is 9.43. The normalized spacial score (nSPS) is 15.0. The van der Waals surface area contributed by atoms with Crippen molar-refractivity contribution in [3.8, 4) is 5.75 Å². The van der Waals surface area contributed by atoms with Gasteiger partial charge in [-0.3, -0.25) is 0 Å². The Balaban J connectivity index is 2.52. The zero-order valence-corrected chi connectivity index (χ0v) is 10.0. The van der Waals surface area contributed by atoms with Crippen molar-refractivity contribution in [1.82, 2.24) is 0 Å². The quantitative estimate of drug-likeness (QED) is 0.850. The number of methoxy groups -OCH3 is 1. The molecular formula is C13H18O3. The molecule has 0 saturated carbocycles. The van der Waals surface area contributed by atoms with Crippen LogP contribution in [0.15, 0.2) is 12.1 Å². The van der Waals surface area contributed by atoms with Gasteiger partial charge < -0.3 is 14.6 Å². The van der Waals surface area contributed by atoms with E-state index in [0.29, 0.717) is 13.2 Å². The third-order valence-electron chi connectivity index (χ3n) is 3.16. The second-order valence-electron chi connectivity index (χ2n) is 4.86. The smallest absolute Gasteiger partial charge is 0.123 e. The zero-order valence-electron chi connectivity index (χ0n) is 10.0. The molecule has 0 bridgehead atoms. The molecule has 1 aromatic carbocycles. The first-order valence-corrected chi connectivity index (χ1v) is 5.47.